The topological polar surface area (TPSA) is 0 Å². The molecule has 0 N–H and O–H groups in total. The van der Waals surface area contributed by atoms with Crippen molar-refractivity contribution in [1.82, 2.24) is 0 Å². The molecule has 2 saturated carbocycles. The van der Waals surface area contributed by atoms with Crippen molar-refractivity contribution in [2.24, 2.45) is 17.3 Å². The smallest absolute Gasteiger partial charge is 0.0195 e. The minimum Gasteiger partial charge on any atom is -0.172 e. The molecule has 0 amide bonds. The molecule has 1 spiro atoms. The highest BCUT2D eigenvalue weighted by atomic mass is 32.1. The molecular formula is C8H14S. The molecule has 4 atom stereocenters. The predicted octanol–water partition coefficient (Wildman–Crippen LogP) is 2.35. The van der Waals surface area contributed by atoms with E-state index in [1.165, 1.54) is 6.42 Å². The van der Waals surface area contributed by atoms with E-state index < -0.39 is 0 Å². The van der Waals surface area contributed by atoms with Crippen molar-refractivity contribution in [3.8, 4) is 0 Å². The van der Waals surface area contributed by atoms with Gasteiger partial charge in [-0.2, -0.15) is 12.6 Å². The zero-order valence-corrected chi connectivity index (χ0v) is 7.20. The van der Waals surface area contributed by atoms with Gasteiger partial charge in [-0.05, 0) is 30.6 Å². The third-order valence-corrected chi connectivity index (χ3v) is 4.64. The third kappa shape index (κ3) is 0.419. The summed E-state index contributed by atoms with van der Waals surface area (Å²) in [6, 6.07) is 0. The van der Waals surface area contributed by atoms with Crippen LogP contribution in [0.2, 0.25) is 0 Å². The molecule has 2 aliphatic rings. The molecular weight excluding hydrogens is 128 g/mol. The Morgan fingerprint density at radius 1 is 1.44 bits per heavy atom. The van der Waals surface area contributed by atoms with Crippen molar-refractivity contribution < 1.29 is 0 Å². The SMILES string of the molecule is CC1CC12C(C)C2(C)S. The molecule has 0 bridgehead atoms. The van der Waals surface area contributed by atoms with Crippen LogP contribution in [0.5, 0.6) is 0 Å². The number of hydrogen-bond acceptors (Lipinski definition) is 1. The summed E-state index contributed by atoms with van der Waals surface area (Å²) in [4.78, 5) is 0. The molecule has 0 heterocycles. The molecule has 0 saturated heterocycles. The van der Waals surface area contributed by atoms with E-state index in [-0.39, 0.29) is 0 Å². The van der Waals surface area contributed by atoms with Crippen molar-refractivity contribution in [3.05, 3.63) is 0 Å². The average Bonchev–Trinajstić information content (AvgIpc) is 2.48. The van der Waals surface area contributed by atoms with Crippen molar-refractivity contribution in [2.45, 2.75) is 31.9 Å². The van der Waals surface area contributed by atoms with Gasteiger partial charge < -0.3 is 0 Å². The van der Waals surface area contributed by atoms with Crippen LogP contribution in [0.4, 0.5) is 0 Å². The molecule has 0 nitrogen and oxygen atoms in total. The molecule has 0 aromatic carbocycles. The lowest BCUT2D eigenvalue weighted by Crippen LogP contribution is -1.95. The minimum absolute atomic E-state index is 0.381. The van der Waals surface area contributed by atoms with E-state index in [0.29, 0.717) is 10.2 Å². The van der Waals surface area contributed by atoms with Gasteiger partial charge in [-0.1, -0.05) is 13.8 Å². The summed E-state index contributed by atoms with van der Waals surface area (Å²) in [6.07, 6.45) is 1.42. The van der Waals surface area contributed by atoms with Crippen LogP contribution in [0.3, 0.4) is 0 Å². The Hall–Kier alpha value is 0.350. The van der Waals surface area contributed by atoms with Crippen molar-refractivity contribution in [2.75, 3.05) is 0 Å². The van der Waals surface area contributed by atoms with E-state index in [1.807, 2.05) is 0 Å². The molecule has 0 aromatic rings. The van der Waals surface area contributed by atoms with Crippen LogP contribution >= 0.6 is 12.6 Å². The maximum absolute atomic E-state index is 4.63. The van der Waals surface area contributed by atoms with Gasteiger partial charge in [-0.25, -0.2) is 0 Å². The summed E-state index contributed by atoms with van der Waals surface area (Å²) < 4.78 is 0.381. The fourth-order valence-corrected chi connectivity index (χ4v) is 3.37. The second-order valence-electron chi connectivity index (χ2n) is 4.01. The summed E-state index contributed by atoms with van der Waals surface area (Å²) in [5.74, 6) is 1.82. The minimum atomic E-state index is 0.381. The van der Waals surface area contributed by atoms with E-state index in [9.17, 15) is 0 Å². The lowest BCUT2D eigenvalue weighted by atomic mass is 10.2. The highest BCUT2D eigenvalue weighted by molar-refractivity contribution is 7.82. The number of hydrogen-bond donors (Lipinski definition) is 1. The largest absolute Gasteiger partial charge is 0.172 e. The number of rotatable bonds is 0. The Morgan fingerprint density at radius 2 is 1.78 bits per heavy atom. The third-order valence-electron chi connectivity index (χ3n) is 3.84. The second kappa shape index (κ2) is 1.20. The molecule has 2 rings (SSSR count). The average molecular weight is 142 g/mol. The van der Waals surface area contributed by atoms with Gasteiger partial charge in [0.25, 0.3) is 0 Å². The van der Waals surface area contributed by atoms with E-state index in [1.54, 1.807) is 0 Å². The molecule has 0 radical (unpaired) electrons. The molecule has 0 aliphatic heterocycles. The Bertz CT molecular complexity index is 162. The quantitative estimate of drug-likeness (QED) is 0.493. The molecule has 2 aliphatic carbocycles. The monoisotopic (exact) mass is 142 g/mol. The molecule has 1 heteroatoms. The lowest BCUT2D eigenvalue weighted by molar-refractivity contribution is 0.685. The summed E-state index contributed by atoms with van der Waals surface area (Å²) in [7, 11) is 0. The first-order valence-electron chi connectivity index (χ1n) is 3.76. The molecule has 2 fully saturated rings. The van der Waals surface area contributed by atoms with Gasteiger partial charge in [0.1, 0.15) is 0 Å². The summed E-state index contributed by atoms with van der Waals surface area (Å²) in [6.45, 7) is 6.96. The Labute approximate surface area is 62.4 Å². The summed E-state index contributed by atoms with van der Waals surface area (Å²) in [5, 5.41) is 0. The first kappa shape index (κ1) is 6.09. The van der Waals surface area contributed by atoms with Crippen LogP contribution in [0, 0.1) is 17.3 Å². The molecule has 0 aromatic heterocycles. The Balaban J connectivity index is 2.23. The first-order valence-corrected chi connectivity index (χ1v) is 4.20. The normalized spacial score (nSPS) is 70.7. The highest BCUT2D eigenvalue weighted by Crippen LogP contribution is 2.82. The van der Waals surface area contributed by atoms with Crippen LogP contribution < -0.4 is 0 Å². The standard InChI is InChI=1S/C8H14S/c1-5-4-8(5)6(2)7(8,3)9/h5-6,9H,4H2,1-3H3. The molecule has 9 heavy (non-hydrogen) atoms. The summed E-state index contributed by atoms with van der Waals surface area (Å²) in [5.41, 5.74) is 0.677. The van der Waals surface area contributed by atoms with E-state index in [2.05, 4.69) is 33.4 Å². The van der Waals surface area contributed by atoms with Gasteiger partial charge in [0.05, 0.1) is 0 Å². The predicted molar refractivity (Wildman–Crippen MR) is 42.8 cm³/mol. The van der Waals surface area contributed by atoms with Gasteiger partial charge in [0, 0.05) is 4.75 Å². The molecule has 52 valence electrons. The van der Waals surface area contributed by atoms with Gasteiger partial charge >= 0.3 is 0 Å². The summed E-state index contributed by atoms with van der Waals surface area (Å²) >= 11 is 4.63. The maximum atomic E-state index is 4.63. The van der Waals surface area contributed by atoms with Crippen LogP contribution in [-0.2, 0) is 0 Å². The van der Waals surface area contributed by atoms with Crippen molar-refractivity contribution >= 4 is 12.6 Å². The number of thiol groups is 1. The van der Waals surface area contributed by atoms with Crippen LogP contribution in [-0.4, -0.2) is 4.75 Å². The van der Waals surface area contributed by atoms with E-state index in [0.717, 1.165) is 11.8 Å². The van der Waals surface area contributed by atoms with Gasteiger partial charge in [0.2, 0.25) is 0 Å². The van der Waals surface area contributed by atoms with Crippen molar-refractivity contribution in [3.63, 3.8) is 0 Å². The van der Waals surface area contributed by atoms with E-state index in [4.69, 9.17) is 0 Å². The fraction of sp³-hybridized carbons (Fsp3) is 1.00. The fourth-order valence-electron chi connectivity index (χ4n) is 2.70. The highest BCUT2D eigenvalue weighted by Gasteiger charge is 2.79. The second-order valence-corrected chi connectivity index (χ2v) is 4.94. The van der Waals surface area contributed by atoms with E-state index >= 15 is 0 Å². The Morgan fingerprint density at radius 3 is 1.78 bits per heavy atom. The lowest BCUT2D eigenvalue weighted by Gasteiger charge is -1.96. The van der Waals surface area contributed by atoms with Crippen LogP contribution in [0.25, 0.3) is 0 Å². The zero-order valence-electron chi connectivity index (χ0n) is 6.31. The first-order chi connectivity index (χ1) is 4.03. The maximum Gasteiger partial charge on any atom is 0.0195 e. The van der Waals surface area contributed by atoms with Gasteiger partial charge in [-0.3, -0.25) is 0 Å². The van der Waals surface area contributed by atoms with Crippen LogP contribution in [0.1, 0.15) is 27.2 Å². The van der Waals surface area contributed by atoms with Crippen LogP contribution in [0.15, 0.2) is 0 Å². The van der Waals surface area contributed by atoms with Gasteiger partial charge in [0.15, 0.2) is 0 Å². The zero-order chi connectivity index (χ0) is 6.86. The van der Waals surface area contributed by atoms with Gasteiger partial charge in [-0.15, -0.1) is 0 Å². The molecule has 4 unspecified atom stereocenters. The Kier molecular flexibility index (Phi) is 0.815. The van der Waals surface area contributed by atoms with Crippen molar-refractivity contribution in [1.29, 1.82) is 0 Å².